The largest absolute Gasteiger partial charge is 0.456 e. The molecule has 0 heterocycles. The number of rotatable bonds is 5. The van der Waals surface area contributed by atoms with Crippen molar-refractivity contribution in [2.24, 2.45) is 0 Å². The van der Waals surface area contributed by atoms with Crippen LogP contribution in [0, 0.1) is 6.92 Å². The van der Waals surface area contributed by atoms with Gasteiger partial charge in [-0.25, -0.2) is 0 Å². The quantitative estimate of drug-likeness (QED) is 0.849. The van der Waals surface area contributed by atoms with Crippen molar-refractivity contribution in [1.29, 1.82) is 0 Å². The first-order chi connectivity index (χ1) is 9.72. The molecule has 2 aromatic carbocycles. The van der Waals surface area contributed by atoms with E-state index in [0.717, 1.165) is 34.1 Å². The van der Waals surface area contributed by atoms with E-state index < -0.39 is 0 Å². The molecule has 0 bridgehead atoms. The number of para-hydroxylation sites is 1. The fraction of sp³-hybridized carbons (Fsp3) is 0.294. The molecule has 1 fully saturated rings. The van der Waals surface area contributed by atoms with Crippen molar-refractivity contribution in [3.8, 4) is 11.5 Å². The minimum Gasteiger partial charge on any atom is -0.456 e. The third-order valence-electron chi connectivity index (χ3n) is 3.48. The second kappa shape index (κ2) is 5.98. The van der Waals surface area contributed by atoms with Crippen LogP contribution in [-0.4, -0.2) is 6.04 Å². The number of hydrogen-bond acceptors (Lipinski definition) is 2. The molecule has 104 valence electrons. The minimum absolute atomic E-state index is 0.726. The van der Waals surface area contributed by atoms with Crippen LogP contribution in [0.15, 0.2) is 46.9 Å². The van der Waals surface area contributed by atoms with Crippen LogP contribution in [0.25, 0.3) is 0 Å². The van der Waals surface area contributed by atoms with E-state index in [1.54, 1.807) is 0 Å². The van der Waals surface area contributed by atoms with E-state index in [2.05, 4.69) is 46.4 Å². The zero-order valence-electron chi connectivity index (χ0n) is 11.5. The minimum atomic E-state index is 0.726. The van der Waals surface area contributed by atoms with Gasteiger partial charge in [-0.3, -0.25) is 0 Å². The summed E-state index contributed by atoms with van der Waals surface area (Å²) in [6.45, 7) is 2.99. The molecular weight excluding hydrogens is 314 g/mol. The van der Waals surface area contributed by atoms with Gasteiger partial charge in [0.2, 0.25) is 0 Å². The van der Waals surface area contributed by atoms with E-state index in [0.29, 0.717) is 0 Å². The molecule has 0 spiro atoms. The summed E-state index contributed by atoms with van der Waals surface area (Å²) in [4.78, 5) is 0. The molecule has 3 heteroatoms. The normalized spacial score (nSPS) is 14.3. The molecule has 0 amide bonds. The van der Waals surface area contributed by atoms with Crippen LogP contribution in [0.2, 0.25) is 0 Å². The molecule has 0 aliphatic heterocycles. The Balaban J connectivity index is 1.77. The average Bonchev–Trinajstić information content (AvgIpc) is 3.26. The predicted octanol–water partition coefficient (Wildman–Crippen LogP) is 4.80. The van der Waals surface area contributed by atoms with Gasteiger partial charge in [-0.15, -0.1) is 0 Å². The molecule has 1 N–H and O–H groups in total. The van der Waals surface area contributed by atoms with Crippen molar-refractivity contribution in [3.63, 3.8) is 0 Å². The van der Waals surface area contributed by atoms with Crippen LogP contribution in [0.1, 0.15) is 24.0 Å². The molecular formula is C17H18BrNO. The summed E-state index contributed by atoms with van der Waals surface area (Å²) in [6, 6.07) is 15.1. The maximum Gasteiger partial charge on any atom is 0.141 e. The van der Waals surface area contributed by atoms with E-state index in [9.17, 15) is 0 Å². The molecule has 0 saturated heterocycles. The van der Waals surface area contributed by atoms with Crippen LogP contribution in [-0.2, 0) is 6.54 Å². The lowest BCUT2D eigenvalue weighted by atomic mass is 10.1. The van der Waals surface area contributed by atoms with Crippen LogP contribution in [0.5, 0.6) is 11.5 Å². The molecule has 20 heavy (non-hydrogen) atoms. The van der Waals surface area contributed by atoms with Crippen LogP contribution < -0.4 is 10.1 Å². The highest BCUT2D eigenvalue weighted by Gasteiger charge is 2.20. The lowest BCUT2D eigenvalue weighted by Gasteiger charge is -2.12. The molecule has 1 aliphatic rings. The van der Waals surface area contributed by atoms with E-state index in [4.69, 9.17) is 4.74 Å². The summed E-state index contributed by atoms with van der Waals surface area (Å²) in [5, 5.41) is 3.53. The zero-order valence-corrected chi connectivity index (χ0v) is 13.1. The molecule has 0 aromatic heterocycles. The second-order valence-corrected chi connectivity index (χ2v) is 6.14. The van der Waals surface area contributed by atoms with Gasteiger partial charge < -0.3 is 10.1 Å². The van der Waals surface area contributed by atoms with Gasteiger partial charge in [0.1, 0.15) is 11.5 Å². The molecule has 3 rings (SSSR count). The van der Waals surface area contributed by atoms with Crippen molar-refractivity contribution >= 4 is 15.9 Å². The Bertz CT molecular complexity index is 608. The Morgan fingerprint density at radius 2 is 1.95 bits per heavy atom. The summed E-state index contributed by atoms with van der Waals surface area (Å²) in [5.74, 6) is 1.77. The highest BCUT2D eigenvalue weighted by Crippen LogP contribution is 2.31. The first-order valence-corrected chi connectivity index (χ1v) is 7.77. The van der Waals surface area contributed by atoms with Gasteiger partial charge in [0, 0.05) is 12.6 Å². The molecule has 0 atom stereocenters. The van der Waals surface area contributed by atoms with Gasteiger partial charge in [-0.1, -0.05) is 24.3 Å². The standard InChI is InChI=1S/C17H18BrNO/c1-12-6-7-13(11-19-14-8-9-14)10-17(12)20-16-5-3-2-4-15(16)18/h2-7,10,14,19H,8-9,11H2,1H3. The Morgan fingerprint density at radius 1 is 1.15 bits per heavy atom. The Hall–Kier alpha value is -1.32. The summed E-state index contributed by atoms with van der Waals surface area (Å²) in [5.41, 5.74) is 2.42. The van der Waals surface area contributed by atoms with Crippen molar-refractivity contribution in [2.45, 2.75) is 32.4 Å². The molecule has 1 aliphatic carbocycles. The lowest BCUT2D eigenvalue weighted by Crippen LogP contribution is -2.15. The predicted molar refractivity (Wildman–Crippen MR) is 85.3 cm³/mol. The van der Waals surface area contributed by atoms with Gasteiger partial charge in [-0.05, 0) is 65.0 Å². The summed E-state index contributed by atoms with van der Waals surface area (Å²) in [7, 11) is 0. The van der Waals surface area contributed by atoms with Crippen LogP contribution in [0.4, 0.5) is 0 Å². The van der Waals surface area contributed by atoms with Gasteiger partial charge in [0.15, 0.2) is 0 Å². The Labute approximate surface area is 128 Å². The Morgan fingerprint density at radius 3 is 2.70 bits per heavy atom. The fourth-order valence-electron chi connectivity index (χ4n) is 2.06. The van der Waals surface area contributed by atoms with Gasteiger partial charge in [-0.2, -0.15) is 0 Å². The maximum absolute atomic E-state index is 6.03. The van der Waals surface area contributed by atoms with Gasteiger partial charge in [0.25, 0.3) is 0 Å². The van der Waals surface area contributed by atoms with E-state index >= 15 is 0 Å². The third kappa shape index (κ3) is 3.41. The van der Waals surface area contributed by atoms with Crippen molar-refractivity contribution in [3.05, 3.63) is 58.1 Å². The monoisotopic (exact) mass is 331 g/mol. The summed E-state index contributed by atoms with van der Waals surface area (Å²) >= 11 is 3.52. The van der Waals surface area contributed by atoms with Crippen molar-refractivity contribution in [1.82, 2.24) is 5.32 Å². The SMILES string of the molecule is Cc1ccc(CNC2CC2)cc1Oc1ccccc1Br. The lowest BCUT2D eigenvalue weighted by molar-refractivity contribution is 0.474. The summed E-state index contributed by atoms with van der Waals surface area (Å²) < 4.78 is 7.00. The number of hydrogen-bond donors (Lipinski definition) is 1. The second-order valence-electron chi connectivity index (χ2n) is 5.29. The molecule has 0 unspecified atom stereocenters. The van der Waals surface area contributed by atoms with Gasteiger partial charge in [0.05, 0.1) is 4.47 Å². The van der Waals surface area contributed by atoms with E-state index in [1.807, 2.05) is 24.3 Å². The topological polar surface area (TPSA) is 21.3 Å². The smallest absolute Gasteiger partial charge is 0.141 e. The van der Waals surface area contributed by atoms with Gasteiger partial charge >= 0.3 is 0 Å². The number of aryl methyl sites for hydroxylation is 1. The van der Waals surface area contributed by atoms with Crippen molar-refractivity contribution < 1.29 is 4.74 Å². The molecule has 0 radical (unpaired) electrons. The van der Waals surface area contributed by atoms with E-state index in [-0.39, 0.29) is 0 Å². The Kier molecular flexibility index (Phi) is 4.08. The maximum atomic E-state index is 6.03. The molecule has 2 aromatic rings. The molecule has 2 nitrogen and oxygen atoms in total. The zero-order chi connectivity index (χ0) is 13.9. The average molecular weight is 332 g/mol. The van der Waals surface area contributed by atoms with Crippen LogP contribution in [0.3, 0.4) is 0 Å². The highest BCUT2D eigenvalue weighted by atomic mass is 79.9. The number of nitrogens with one attached hydrogen (secondary N) is 1. The first-order valence-electron chi connectivity index (χ1n) is 6.97. The number of halogens is 1. The summed E-state index contributed by atoms with van der Waals surface area (Å²) in [6.07, 6.45) is 2.62. The van der Waals surface area contributed by atoms with E-state index in [1.165, 1.54) is 18.4 Å². The first kappa shape index (κ1) is 13.7. The number of benzene rings is 2. The fourth-order valence-corrected chi connectivity index (χ4v) is 2.43. The van der Waals surface area contributed by atoms with Crippen molar-refractivity contribution in [2.75, 3.05) is 0 Å². The highest BCUT2D eigenvalue weighted by molar-refractivity contribution is 9.10. The van der Waals surface area contributed by atoms with Crippen LogP contribution >= 0.6 is 15.9 Å². The number of ether oxygens (including phenoxy) is 1. The molecule has 1 saturated carbocycles. The third-order valence-corrected chi connectivity index (χ3v) is 4.14.